The molecule has 1 aliphatic heterocycles. The van der Waals surface area contributed by atoms with E-state index in [0.29, 0.717) is 17.8 Å². The van der Waals surface area contributed by atoms with Crippen LogP contribution in [0.1, 0.15) is 13.8 Å². The Hall–Kier alpha value is -1.36. The fourth-order valence-corrected chi connectivity index (χ4v) is 1.98. The Balaban J connectivity index is 2.12. The third-order valence-corrected chi connectivity index (χ3v) is 2.50. The van der Waals surface area contributed by atoms with Gasteiger partial charge in [-0.05, 0) is 13.8 Å². The van der Waals surface area contributed by atoms with Gasteiger partial charge in [0.1, 0.15) is 0 Å². The van der Waals surface area contributed by atoms with Crippen molar-refractivity contribution in [1.29, 1.82) is 0 Å². The van der Waals surface area contributed by atoms with Crippen molar-refractivity contribution >= 4 is 11.6 Å². The second kappa shape index (κ2) is 4.02. The van der Waals surface area contributed by atoms with Crippen LogP contribution in [0, 0.1) is 0 Å². The monoisotopic (exact) mass is 207 g/mol. The molecule has 0 aromatic carbocycles. The first kappa shape index (κ1) is 10.2. The molecule has 0 spiro atoms. The zero-order valence-electron chi connectivity index (χ0n) is 9.14. The van der Waals surface area contributed by atoms with Gasteiger partial charge < -0.3 is 16.0 Å². The zero-order chi connectivity index (χ0) is 10.8. The van der Waals surface area contributed by atoms with Crippen LogP contribution in [-0.2, 0) is 0 Å². The summed E-state index contributed by atoms with van der Waals surface area (Å²) in [5.74, 6) is 0.768. The molecule has 5 heteroatoms. The number of rotatable bonds is 1. The number of piperazine rings is 1. The number of nitrogen functional groups attached to an aromatic ring is 1. The lowest BCUT2D eigenvalue weighted by Crippen LogP contribution is -2.54. The summed E-state index contributed by atoms with van der Waals surface area (Å²) >= 11 is 0. The highest BCUT2D eigenvalue weighted by atomic mass is 15.3. The van der Waals surface area contributed by atoms with E-state index >= 15 is 0 Å². The highest BCUT2D eigenvalue weighted by Gasteiger charge is 2.22. The molecule has 2 atom stereocenters. The van der Waals surface area contributed by atoms with Crippen LogP contribution in [0.5, 0.6) is 0 Å². The maximum atomic E-state index is 5.55. The van der Waals surface area contributed by atoms with Gasteiger partial charge in [0, 0.05) is 25.2 Å². The fourth-order valence-electron chi connectivity index (χ4n) is 1.98. The molecule has 0 aliphatic carbocycles. The van der Waals surface area contributed by atoms with Crippen LogP contribution >= 0.6 is 0 Å². The average Bonchev–Trinajstić information content (AvgIpc) is 2.17. The molecule has 0 saturated carbocycles. The third kappa shape index (κ3) is 2.36. The largest absolute Gasteiger partial charge is 0.396 e. The van der Waals surface area contributed by atoms with E-state index in [-0.39, 0.29) is 0 Å². The Bertz CT molecular complexity index is 313. The van der Waals surface area contributed by atoms with Crippen LogP contribution in [0.25, 0.3) is 0 Å². The van der Waals surface area contributed by atoms with Crippen molar-refractivity contribution in [2.75, 3.05) is 23.7 Å². The number of nitrogens with one attached hydrogen (secondary N) is 1. The maximum Gasteiger partial charge on any atom is 0.225 e. The summed E-state index contributed by atoms with van der Waals surface area (Å²) in [5, 5.41) is 3.47. The van der Waals surface area contributed by atoms with E-state index in [1.807, 2.05) is 0 Å². The normalized spacial score (nSPS) is 26.7. The fraction of sp³-hybridized carbons (Fsp3) is 0.600. The summed E-state index contributed by atoms with van der Waals surface area (Å²) in [7, 11) is 0. The van der Waals surface area contributed by atoms with Crippen molar-refractivity contribution in [2.24, 2.45) is 0 Å². The average molecular weight is 207 g/mol. The van der Waals surface area contributed by atoms with Gasteiger partial charge in [-0.1, -0.05) is 0 Å². The lowest BCUT2D eigenvalue weighted by atomic mass is 10.1. The van der Waals surface area contributed by atoms with Gasteiger partial charge in [0.2, 0.25) is 5.95 Å². The molecule has 1 aromatic rings. The van der Waals surface area contributed by atoms with Crippen LogP contribution in [0.15, 0.2) is 12.4 Å². The molecule has 0 radical (unpaired) electrons. The molecule has 0 bridgehead atoms. The summed E-state index contributed by atoms with van der Waals surface area (Å²) in [4.78, 5) is 10.7. The van der Waals surface area contributed by atoms with E-state index in [9.17, 15) is 0 Å². The van der Waals surface area contributed by atoms with Crippen LogP contribution in [0.2, 0.25) is 0 Å². The standard InChI is InChI=1S/C10H17N5/c1-7-5-15(6-8(2)14-7)10-12-3-9(11)4-13-10/h3-4,7-8,14H,5-6,11H2,1-2H3. The molecule has 15 heavy (non-hydrogen) atoms. The number of hydrogen-bond acceptors (Lipinski definition) is 5. The minimum absolute atomic E-state index is 0.468. The van der Waals surface area contributed by atoms with Crippen molar-refractivity contribution < 1.29 is 0 Å². The van der Waals surface area contributed by atoms with Crippen molar-refractivity contribution in [3.8, 4) is 0 Å². The lowest BCUT2D eigenvalue weighted by Gasteiger charge is -2.36. The molecule has 82 valence electrons. The SMILES string of the molecule is CC1CN(c2ncc(N)cn2)CC(C)N1. The molecule has 1 aliphatic rings. The van der Waals surface area contributed by atoms with Gasteiger partial charge in [0.05, 0.1) is 18.1 Å². The molecule has 2 unspecified atom stereocenters. The van der Waals surface area contributed by atoms with Gasteiger partial charge in [-0.15, -0.1) is 0 Å². The Morgan fingerprint density at radius 3 is 2.33 bits per heavy atom. The van der Waals surface area contributed by atoms with Crippen LogP contribution in [0.3, 0.4) is 0 Å². The van der Waals surface area contributed by atoms with Gasteiger partial charge in [0.15, 0.2) is 0 Å². The molecule has 1 fully saturated rings. The van der Waals surface area contributed by atoms with Crippen molar-refractivity contribution in [3.63, 3.8) is 0 Å². The topological polar surface area (TPSA) is 67.1 Å². The highest BCUT2D eigenvalue weighted by Crippen LogP contribution is 2.12. The molecular weight excluding hydrogens is 190 g/mol. The van der Waals surface area contributed by atoms with Crippen molar-refractivity contribution in [1.82, 2.24) is 15.3 Å². The molecule has 1 saturated heterocycles. The second-order valence-corrected chi connectivity index (χ2v) is 4.19. The van der Waals surface area contributed by atoms with Gasteiger partial charge in [0.25, 0.3) is 0 Å². The van der Waals surface area contributed by atoms with Crippen LogP contribution < -0.4 is 16.0 Å². The quantitative estimate of drug-likeness (QED) is 0.690. The van der Waals surface area contributed by atoms with Gasteiger partial charge in [-0.3, -0.25) is 0 Å². The van der Waals surface area contributed by atoms with Gasteiger partial charge in [-0.25, -0.2) is 9.97 Å². The first-order valence-corrected chi connectivity index (χ1v) is 5.23. The minimum Gasteiger partial charge on any atom is -0.396 e. The van der Waals surface area contributed by atoms with E-state index in [0.717, 1.165) is 19.0 Å². The van der Waals surface area contributed by atoms with Crippen LogP contribution in [0.4, 0.5) is 11.6 Å². The Labute approximate surface area is 89.7 Å². The smallest absolute Gasteiger partial charge is 0.225 e. The summed E-state index contributed by atoms with van der Waals surface area (Å²) in [6.45, 7) is 6.21. The molecule has 2 heterocycles. The molecule has 1 aromatic heterocycles. The Morgan fingerprint density at radius 1 is 1.27 bits per heavy atom. The molecule has 5 nitrogen and oxygen atoms in total. The Morgan fingerprint density at radius 2 is 1.80 bits per heavy atom. The summed E-state index contributed by atoms with van der Waals surface area (Å²) in [5.41, 5.74) is 6.16. The van der Waals surface area contributed by atoms with E-state index in [1.54, 1.807) is 12.4 Å². The number of nitrogens with zero attached hydrogens (tertiary/aromatic N) is 3. The summed E-state index contributed by atoms with van der Waals surface area (Å²) in [6.07, 6.45) is 3.30. The molecule has 2 rings (SSSR count). The second-order valence-electron chi connectivity index (χ2n) is 4.19. The molecule has 3 N–H and O–H groups in total. The van der Waals surface area contributed by atoms with E-state index < -0.39 is 0 Å². The van der Waals surface area contributed by atoms with Crippen molar-refractivity contribution in [2.45, 2.75) is 25.9 Å². The zero-order valence-corrected chi connectivity index (χ0v) is 9.14. The number of anilines is 2. The number of nitrogens with two attached hydrogens (primary N) is 1. The number of hydrogen-bond donors (Lipinski definition) is 2. The first-order valence-electron chi connectivity index (χ1n) is 5.23. The third-order valence-electron chi connectivity index (χ3n) is 2.50. The van der Waals surface area contributed by atoms with E-state index in [2.05, 4.69) is 34.0 Å². The summed E-state index contributed by atoms with van der Waals surface area (Å²) in [6, 6.07) is 0.935. The van der Waals surface area contributed by atoms with E-state index in [4.69, 9.17) is 5.73 Å². The molecule has 0 amide bonds. The predicted octanol–water partition coefficient (Wildman–Crippen LogP) is 0.245. The molecular formula is C10H17N5. The summed E-state index contributed by atoms with van der Waals surface area (Å²) < 4.78 is 0. The minimum atomic E-state index is 0.468. The van der Waals surface area contributed by atoms with E-state index in [1.165, 1.54) is 0 Å². The predicted molar refractivity (Wildman–Crippen MR) is 60.7 cm³/mol. The van der Waals surface area contributed by atoms with Gasteiger partial charge >= 0.3 is 0 Å². The maximum absolute atomic E-state index is 5.55. The Kier molecular flexibility index (Phi) is 2.73. The van der Waals surface area contributed by atoms with Crippen LogP contribution in [-0.4, -0.2) is 35.1 Å². The first-order chi connectivity index (χ1) is 7.15. The lowest BCUT2D eigenvalue weighted by molar-refractivity contribution is 0.403. The highest BCUT2D eigenvalue weighted by molar-refractivity contribution is 5.38. The number of aromatic nitrogens is 2. The van der Waals surface area contributed by atoms with Gasteiger partial charge in [-0.2, -0.15) is 0 Å². The van der Waals surface area contributed by atoms with Crippen molar-refractivity contribution in [3.05, 3.63) is 12.4 Å².